The molecule has 122 valence electrons. The molecule has 24 heavy (non-hydrogen) atoms. The summed E-state index contributed by atoms with van der Waals surface area (Å²) in [5, 5.41) is 6.77. The van der Waals surface area contributed by atoms with Gasteiger partial charge in [0, 0.05) is 10.6 Å². The molecule has 0 bridgehead atoms. The first-order valence-corrected chi connectivity index (χ1v) is 7.58. The first-order valence-electron chi connectivity index (χ1n) is 7.20. The Bertz CT molecular complexity index is 852. The number of benzene rings is 2. The fraction of sp³-hybridized carbons (Fsp3) is 0.118. The number of aromatic nitrogens is 2. The van der Waals surface area contributed by atoms with Crippen LogP contribution in [0.2, 0.25) is 5.02 Å². The third-order valence-corrected chi connectivity index (χ3v) is 3.54. The van der Waals surface area contributed by atoms with Crippen molar-refractivity contribution in [3.8, 4) is 11.4 Å². The molecule has 2 aromatic carbocycles. The average molecular weight is 346 g/mol. The maximum Gasteiger partial charge on any atom is 0.246 e. The van der Waals surface area contributed by atoms with Crippen LogP contribution in [0.5, 0.6) is 0 Å². The van der Waals surface area contributed by atoms with Gasteiger partial charge in [0.1, 0.15) is 5.82 Å². The lowest BCUT2D eigenvalue weighted by Crippen LogP contribution is -2.25. The predicted molar refractivity (Wildman–Crippen MR) is 86.7 cm³/mol. The second-order valence-corrected chi connectivity index (χ2v) is 5.50. The zero-order valence-corrected chi connectivity index (χ0v) is 13.3. The Morgan fingerprint density at radius 1 is 1.21 bits per heavy atom. The summed E-state index contributed by atoms with van der Waals surface area (Å²) in [7, 11) is 0. The highest BCUT2D eigenvalue weighted by molar-refractivity contribution is 6.30. The Morgan fingerprint density at radius 3 is 2.75 bits per heavy atom. The molecular weight excluding hydrogens is 333 g/mol. The van der Waals surface area contributed by atoms with Crippen molar-refractivity contribution >= 4 is 17.5 Å². The molecule has 7 heteroatoms. The van der Waals surface area contributed by atoms with Gasteiger partial charge in [0.15, 0.2) is 0 Å². The molecule has 0 atom stereocenters. The van der Waals surface area contributed by atoms with E-state index >= 15 is 0 Å². The van der Waals surface area contributed by atoms with Crippen LogP contribution in [0.15, 0.2) is 53.1 Å². The molecule has 0 aliphatic carbocycles. The molecule has 5 nitrogen and oxygen atoms in total. The van der Waals surface area contributed by atoms with E-state index in [9.17, 15) is 9.18 Å². The number of carbonyl (C=O) groups is 1. The molecule has 0 spiro atoms. The number of rotatable bonds is 5. The number of hydrogen-bond acceptors (Lipinski definition) is 4. The van der Waals surface area contributed by atoms with Gasteiger partial charge in [0.2, 0.25) is 17.6 Å². The van der Waals surface area contributed by atoms with E-state index in [4.69, 9.17) is 16.1 Å². The molecule has 0 saturated carbocycles. The largest absolute Gasteiger partial charge is 0.347 e. The standard InChI is InChI=1S/C17H13ClFN3O2/c18-13-7-6-12(14(19)9-13)8-15(23)20-10-16-21-17(22-24-16)11-4-2-1-3-5-11/h1-7,9H,8,10H2,(H,20,23). The second kappa shape index (κ2) is 7.23. The van der Waals surface area contributed by atoms with Crippen molar-refractivity contribution in [3.63, 3.8) is 0 Å². The Morgan fingerprint density at radius 2 is 2.00 bits per heavy atom. The monoisotopic (exact) mass is 345 g/mol. The third-order valence-electron chi connectivity index (χ3n) is 3.30. The van der Waals surface area contributed by atoms with Crippen molar-refractivity contribution in [2.45, 2.75) is 13.0 Å². The van der Waals surface area contributed by atoms with E-state index in [1.165, 1.54) is 18.2 Å². The van der Waals surface area contributed by atoms with Crippen molar-refractivity contribution in [3.05, 3.63) is 70.8 Å². The quantitative estimate of drug-likeness (QED) is 0.769. The summed E-state index contributed by atoms with van der Waals surface area (Å²) < 4.78 is 18.8. The van der Waals surface area contributed by atoms with Crippen LogP contribution in [0.4, 0.5) is 4.39 Å². The van der Waals surface area contributed by atoms with Gasteiger partial charge in [-0.2, -0.15) is 4.98 Å². The van der Waals surface area contributed by atoms with Crippen LogP contribution in [0.1, 0.15) is 11.5 Å². The van der Waals surface area contributed by atoms with Crippen molar-refractivity contribution < 1.29 is 13.7 Å². The smallest absolute Gasteiger partial charge is 0.246 e. The summed E-state index contributed by atoms with van der Waals surface area (Å²) in [6.07, 6.45) is -0.0946. The predicted octanol–water partition coefficient (Wildman–Crippen LogP) is 3.39. The first-order chi connectivity index (χ1) is 11.6. The normalized spacial score (nSPS) is 10.6. The SMILES string of the molecule is O=C(Cc1ccc(Cl)cc1F)NCc1nc(-c2ccccc2)no1. The van der Waals surface area contributed by atoms with E-state index in [0.29, 0.717) is 5.82 Å². The molecular formula is C17H13ClFN3O2. The molecule has 3 aromatic rings. The summed E-state index contributed by atoms with van der Waals surface area (Å²) in [6, 6.07) is 13.5. The lowest BCUT2D eigenvalue weighted by atomic mass is 10.1. The highest BCUT2D eigenvalue weighted by atomic mass is 35.5. The van der Waals surface area contributed by atoms with Crippen molar-refractivity contribution in [1.29, 1.82) is 0 Å². The van der Waals surface area contributed by atoms with E-state index < -0.39 is 5.82 Å². The summed E-state index contributed by atoms with van der Waals surface area (Å²) in [5.74, 6) is -0.139. The number of nitrogens with one attached hydrogen (secondary N) is 1. The molecule has 1 heterocycles. The number of halogens is 2. The topological polar surface area (TPSA) is 68.0 Å². The molecule has 0 aliphatic heterocycles. The Kier molecular flexibility index (Phi) is 4.86. The van der Waals surface area contributed by atoms with Gasteiger partial charge in [-0.25, -0.2) is 4.39 Å². The highest BCUT2D eigenvalue weighted by Crippen LogP contribution is 2.16. The zero-order valence-electron chi connectivity index (χ0n) is 12.5. The van der Waals surface area contributed by atoms with Gasteiger partial charge in [-0.15, -0.1) is 0 Å². The maximum atomic E-state index is 13.7. The minimum Gasteiger partial charge on any atom is -0.347 e. The first kappa shape index (κ1) is 16.1. The molecule has 1 amide bonds. The lowest BCUT2D eigenvalue weighted by Gasteiger charge is -2.04. The van der Waals surface area contributed by atoms with Crippen molar-refractivity contribution in [1.82, 2.24) is 15.5 Å². The van der Waals surface area contributed by atoms with Gasteiger partial charge in [-0.3, -0.25) is 4.79 Å². The van der Waals surface area contributed by atoms with Gasteiger partial charge >= 0.3 is 0 Å². The maximum absolute atomic E-state index is 13.7. The second-order valence-electron chi connectivity index (χ2n) is 5.07. The van der Waals surface area contributed by atoms with Crippen LogP contribution in [0, 0.1) is 5.82 Å². The zero-order chi connectivity index (χ0) is 16.9. The number of hydrogen-bond donors (Lipinski definition) is 1. The summed E-state index contributed by atoms with van der Waals surface area (Å²) >= 11 is 5.68. The molecule has 0 saturated heterocycles. The van der Waals surface area contributed by atoms with Crippen LogP contribution in [0.3, 0.4) is 0 Å². The van der Waals surface area contributed by atoms with Gasteiger partial charge in [-0.1, -0.05) is 53.2 Å². The molecule has 1 N–H and O–H groups in total. The Labute approximate surface area is 142 Å². The molecule has 3 rings (SSSR count). The van der Waals surface area contributed by atoms with E-state index in [1.54, 1.807) is 0 Å². The third kappa shape index (κ3) is 3.97. The van der Waals surface area contributed by atoms with E-state index in [1.807, 2.05) is 30.3 Å². The lowest BCUT2D eigenvalue weighted by molar-refractivity contribution is -0.120. The fourth-order valence-electron chi connectivity index (χ4n) is 2.11. The fourth-order valence-corrected chi connectivity index (χ4v) is 2.26. The summed E-state index contributed by atoms with van der Waals surface area (Å²) in [4.78, 5) is 16.1. The van der Waals surface area contributed by atoms with Gasteiger partial charge < -0.3 is 9.84 Å². The number of amides is 1. The van der Waals surface area contributed by atoms with Gasteiger partial charge in [-0.05, 0) is 17.7 Å². The molecule has 0 fully saturated rings. The molecule has 0 aliphatic rings. The number of nitrogens with zero attached hydrogens (tertiary/aromatic N) is 2. The van der Waals surface area contributed by atoms with Crippen molar-refractivity contribution in [2.75, 3.05) is 0 Å². The molecule has 0 radical (unpaired) electrons. The van der Waals surface area contributed by atoms with Crippen LogP contribution in [-0.4, -0.2) is 16.0 Å². The Balaban J connectivity index is 1.58. The minimum atomic E-state index is -0.512. The van der Waals surface area contributed by atoms with Gasteiger partial charge in [0.25, 0.3) is 0 Å². The molecule has 0 unspecified atom stereocenters. The van der Waals surface area contributed by atoms with Gasteiger partial charge in [0.05, 0.1) is 13.0 Å². The van der Waals surface area contributed by atoms with E-state index in [0.717, 1.165) is 5.56 Å². The van der Waals surface area contributed by atoms with Crippen molar-refractivity contribution in [2.24, 2.45) is 0 Å². The number of carbonyl (C=O) groups excluding carboxylic acids is 1. The minimum absolute atomic E-state index is 0.0773. The van der Waals surface area contributed by atoms with Crippen LogP contribution in [-0.2, 0) is 17.8 Å². The molecule has 1 aromatic heterocycles. The van der Waals surface area contributed by atoms with Crippen LogP contribution in [0.25, 0.3) is 11.4 Å². The van der Waals surface area contributed by atoms with Crippen LogP contribution < -0.4 is 5.32 Å². The summed E-state index contributed by atoms with van der Waals surface area (Å²) in [6.45, 7) is 0.0773. The van der Waals surface area contributed by atoms with Crippen LogP contribution >= 0.6 is 11.6 Å². The summed E-state index contributed by atoms with van der Waals surface area (Å²) in [5.41, 5.74) is 1.09. The van der Waals surface area contributed by atoms with E-state index in [-0.39, 0.29) is 35.3 Å². The highest BCUT2D eigenvalue weighted by Gasteiger charge is 2.12. The van der Waals surface area contributed by atoms with E-state index in [2.05, 4.69) is 15.5 Å². The average Bonchev–Trinajstić information content (AvgIpc) is 3.05. The Hall–Kier alpha value is -2.73.